The Kier molecular flexibility index (Phi) is 5.55. The molecule has 0 fully saturated rings. The first-order chi connectivity index (χ1) is 7.77. The Hall–Kier alpha value is -1.37. The van der Waals surface area contributed by atoms with Crippen molar-refractivity contribution in [2.45, 2.75) is 19.4 Å². The van der Waals surface area contributed by atoms with Gasteiger partial charge in [0, 0.05) is 13.7 Å². The van der Waals surface area contributed by atoms with E-state index < -0.39 is 0 Å². The molecule has 1 rings (SSSR count). The molecular weight excluding hydrogens is 200 g/mol. The average Bonchev–Trinajstić information content (AvgIpc) is 2.29. The Balaban J connectivity index is 2.51. The van der Waals surface area contributed by atoms with Crippen molar-refractivity contribution in [2.24, 2.45) is 0 Å². The van der Waals surface area contributed by atoms with E-state index in [9.17, 15) is 0 Å². The van der Waals surface area contributed by atoms with Gasteiger partial charge in [-0.15, -0.1) is 0 Å². The van der Waals surface area contributed by atoms with E-state index >= 15 is 0 Å². The summed E-state index contributed by atoms with van der Waals surface area (Å²) in [5, 5.41) is 12.3. The molecule has 0 aromatic heterocycles. The van der Waals surface area contributed by atoms with Crippen LogP contribution in [0.2, 0.25) is 0 Å². The second-order valence-electron chi connectivity index (χ2n) is 3.78. The van der Waals surface area contributed by atoms with Crippen LogP contribution >= 0.6 is 0 Å². The third kappa shape index (κ3) is 4.01. The fourth-order valence-corrected chi connectivity index (χ4v) is 1.55. The van der Waals surface area contributed by atoms with Crippen molar-refractivity contribution in [2.75, 3.05) is 20.3 Å². The zero-order valence-corrected chi connectivity index (χ0v) is 9.86. The van der Waals surface area contributed by atoms with Gasteiger partial charge in [0.25, 0.3) is 0 Å². The summed E-state index contributed by atoms with van der Waals surface area (Å²) in [6.45, 7) is 3.54. The minimum atomic E-state index is -0.225. The summed E-state index contributed by atoms with van der Waals surface area (Å²) in [7, 11) is 1.68. The van der Waals surface area contributed by atoms with E-state index in [2.05, 4.69) is 11.4 Å². The van der Waals surface area contributed by atoms with Crippen LogP contribution < -0.4 is 5.32 Å². The summed E-state index contributed by atoms with van der Waals surface area (Å²) in [5.74, 6) is 0. The Labute approximate surface area is 97.0 Å². The first kappa shape index (κ1) is 12.7. The number of methoxy groups -OCH3 is 1. The van der Waals surface area contributed by atoms with Gasteiger partial charge in [-0.25, -0.2) is 0 Å². The molecule has 86 valence electrons. The Morgan fingerprint density at radius 1 is 1.50 bits per heavy atom. The molecule has 1 N–H and O–H groups in total. The molecule has 0 heterocycles. The molecule has 0 saturated carbocycles. The predicted molar refractivity (Wildman–Crippen MR) is 64.0 cm³/mol. The third-order valence-electron chi connectivity index (χ3n) is 2.38. The molecule has 0 aliphatic carbocycles. The maximum absolute atomic E-state index is 9.08. The normalized spacial score (nSPS) is 12.1. The van der Waals surface area contributed by atoms with Crippen molar-refractivity contribution in [3.8, 4) is 6.07 Å². The number of hydrogen-bond donors (Lipinski definition) is 1. The van der Waals surface area contributed by atoms with Gasteiger partial charge >= 0.3 is 0 Å². The highest BCUT2D eigenvalue weighted by Gasteiger charge is 2.08. The SMILES string of the molecule is COCCCNC(C#N)c1cccc(C)c1. The first-order valence-electron chi connectivity index (χ1n) is 5.46. The summed E-state index contributed by atoms with van der Waals surface area (Å²) in [5.41, 5.74) is 2.20. The van der Waals surface area contributed by atoms with Gasteiger partial charge < -0.3 is 4.74 Å². The Morgan fingerprint density at radius 2 is 2.31 bits per heavy atom. The Morgan fingerprint density at radius 3 is 2.94 bits per heavy atom. The summed E-state index contributed by atoms with van der Waals surface area (Å²) < 4.78 is 4.96. The highest BCUT2D eigenvalue weighted by molar-refractivity contribution is 5.28. The van der Waals surface area contributed by atoms with Crippen molar-refractivity contribution >= 4 is 0 Å². The van der Waals surface area contributed by atoms with Gasteiger partial charge in [0.05, 0.1) is 6.07 Å². The number of nitrogens with zero attached hydrogens (tertiary/aromatic N) is 1. The maximum Gasteiger partial charge on any atom is 0.121 e. The van der Waals surface area contributed by atoms with Crippen LogP contribution in [-0.4, -0.2) is 20.3 Å². The summed E-state index contributed by atoms with van der Waals surface area (Å²) >= 11 is 0. The van der Waals surface area contributed by atoms with E-state index in [1.807, 2.05) is 31.2 Å². The minimum absolute atomic E-state index is 0.225. The molecule has 0 aliphatic rings. The van der Waals surface area contributed by atoms with Crippen LogP contribution in [0.25, 0.3) is 0 Å². The molecule has 0 saturated heterocycles. The lowest BCUT2D eigenvalue weighted by Gasteiger charge is -2.12. The number of nitriles is 1. The summed E-state index contributed by atoms with van der Waals surface area (Å²) in [6, 6.07) is 10.1. The average molecular weight is 218 g/mol. The standard InChI is InChI=1S/C13H18N2O/c1-11-5-3-6-12(9-11)13(10-14)15-7-4-8-16-2/h3,5-6,9,13,15H,4,7-8H2,1-2H3. The van der Waals surface area contributed by atoms with Gasteiger partial charge in [-0.1, -0.05) is 29.8 Å². The lowest BCUT2D eigenvalue weighted by molar-refractivity contribution is 0.194. The fourth-order valence-electron chi connectivity index (χ4n) is 1.55. The summed E-state index contributed by atoms with van der Waals surface area (Å²) in [6.07, 6.45) is 0.917. The molecule has 1 aromatic carbocycles. The van der Waals surface area contributed by atoms with Crippen LogP contribution in [0.1, 0.15) is 23.6 Å². The van der Waals surface area contributed by atoms with Crippen LogP contribution in [-0.2, 0) is 4.74 Å². The number of rotatable bonds is 6. The highest BCUT2D eigenvalue weighted by Crippen LogP contribution is 2.13. The van der Waals surface area contributed by atoms with Crippen LogP contribution in [0.15, 0.2) is 24.3 Å². The molecule has 1 unspecified atom stereocenters. The number of hydrogen-bond acceptors (Lipinski definition) is 3. The van der Waals surface area contributed by atoms with E-state index in [0.29, 0.717) is 0 Å². The molecule has 0 radical (unpaired) electrons. The van der Waals surface area contributed by atoms with Crippen molar-refractivity contribution in [1.29, 1.82) is 5.26 Å². The molecule has 0 spiro atoms. The van der Waals surface area contributed by atoms with E-state index in [1.165, 1.54) is 5.56 Å². The van der Waals surface area contributed by atoms with E-state index in [4.69, 9.17) is 10.00 Å². The number of aryl methyl sites for hydroxylation is 1. The van der Waals surface area contributed by atoms with Crippen LogP contribution in [0.4, 0.5) is 0 Å². The molecular formula is C13H18N2O. The van der Waals surface area contributed by atoms with Crippen LogP contribution in [0, 0.1) is 18.3 Å². The van der Waals surface area contributed by atoms with Crippen LogP contribution in [0.5, 0.6) is 0 Å². The fraction of sp³-hybridized carbons (Fsp3) is 0.462. The molecule has 0 aliphatic heterocycles. The lowest BCUT2D eigenvalue weighted by Crippen LogP contribution is -2.22. The lowest BCUT2D eigenvalue weighted by atomic mass is 10.1. The monoisotopic (exact) mass is 218 g/mol. The second-order valence-corrected chi connectivity index (χ2v) is 3.78. The molecule has 0 bridgehead atoms. The molecule has 1 aromatic rings. The topological polar surface area (TPSA) is 45.0 Å². The van der Waals surface area contributed by atoms with Crippen molar-refractivity contribution in [3.05, 3.63) is 35.4 Å². The zero-order valence-electron chi connectivity index (χ0n) is 9.86. The Bertz CT molecular complexity index is 357. The molecule has 3 heteroatoms. The smallest absolute Gasteiger partial charge is 0.121 e. The van der Waals surface area contributed by atoms with Gasteiger partial charge in [0.2, 0.25) is 0 Å². The van der Waals surface area contributed by atoms with Gasteiger partial charge in [-0.05, 0) is 25.5 Å². The molecule has 0 amide bonds. The highest BCUT2D eigenvalue weighted by atomic mass is 16.5. The van der Waals surface area contributed by atoms with E-state index in [-0.39, 0.29) is 6.04 Å². The molecule has 16 heavy (non-hydrogen) atoms. The van der Waals surface area contributed by atoms with E-state index in [0.717, 1.165) is 25.1 Å². The molecule has 1 atom stereocenters. The van der Waals surface area contributed by atoms with E-state index in [1.54, 1.807) is 7.11 Å². The molecule has 3 nitrogen and oxygen atoms in total. The van der Waals surface area contributed by atoms with Gasteiger partial charge in [0.1, 0.15) is 6.04 Å². The maximum atomic E-state index is 9.08. The summed E-state index contributed by atoms with van der Waals surface area (Å²) in [4.78, 5) is 0. The van der Waals surface area contributed by atoms with Gasteiger partial charge in [-0.2, -0.15) is 5.26 Å². The predicted octanol–water partition coefficient (Wildman–Crippen LogP) is 2.19. The number of ether oxygens (including phenoxy) is 1. The van der Waals surface area contributed by atoms with Crippen LogP contribution in [0.3, 0.4) is 0 Å². The zero-order chi connectivity index (χ0) is 11.8. The van der Waals surface area contributed by atoms with Crippen molar-refractivity contribution in [1.82, 2.24) is 5.32 Å². The second kappa shape index (κ2) is 7.00. The van der Waals surface area contributed by atoms with Gasteiger partial charge in [-0.3, -0.25) is 5.32 Å². The quantitative estimate of drug-likeness (QED) is 0.744. The number of benzene rings is 1. The minimum Gasteiger partial charge on any atom is -0.385 e. The number of nitrogens with one attached hydrogen (secondary N) is 1. The first-order valence-corrected chi connectivity index (χ1v) is 5.46. The van der Waals surface area contributed by atoms with Gasteiger partial charge in [0.15, 0.2) is 0 Å². The third-order valence-corrected chi connectivity index (χ3v) is 2.38. The largest absolute Gasteiger partial charge is 0.385 e. The van der Waals surface area contributed by atoms with Crippen molar-refractivity contribution < 1.29 is 4.74 Å². The van der Waals surface area contributed by atoms with Crippen molar-refractivity contribution in [3.63, 3.8) is 0 Å².